The van der Waals surface area contributed by atoms with Crippen LogP contribution >= 0.6 is 9.24 Å². The van der Waals surface area contributed by atoms with E-state index in [0.717, 1.165) is 37.6 Å². The number of rotatable bonds is 10. The van der Waals surface area contributed by atoms with Crippen LogP contribution in [0.15, 0.2) is 85.1 Å². The van der Waals surface area contributed by atoms with Gasteiger partial charge in [-0.1, -0.05) is 72.8 Å². The average molecular weight is 427 g/mol. The topological polar surface area (TPSA) is 24.9 Å². The fourth-order valence-electron chi connectivity index (χ4n) is 4.07. The lowest BCUT2D eigenvalue weighted by Crippen LogP contribution is -2.15. The Kier molecular flexibility index (Phi) is 7.82. The van der Waals surface area contributed by atoms with Crippen LogP contribution in [0.25, 0.3) is 22.0 Å². The first-order chi connectivity index (χ1) is 15.3. The summed E-state index contributed by atoms with van der Waals surface area (Å²) in [7, 11) is 2.79. The van der Waals surface area contributed by atoms with Crippen LogP contribution in [-0.4, -0.2) is 17.7 Å². The lowest BCUT2D eigenvalue weighted by atomic mass is 9.96. The molecule has 0 radical (unpaired) electrons. The number of aromatic nitrogens is 1. The molecule has 0 aliphatic rings. The number of hydrogen-bond donors (Lipinski definition) is 1. The van der Waals surface area contributed by atoms with Gasteiger partial charge < -0.3 is 5.32 Å². The average Bonchev–Trinajstić information content (AvgIpc) is 2.83. The van der Waals surface area contributed by atoms with Gasteiger partial charge in [0.25, 0.3) is 0 Å². The van der Waals surface area contributed by atoms with E-state index in [-0.39, 0.29) is 0 Å². The van der Waals surface area contributed by atoms with Gasteiger partial charge >= 0.3 is 0 Å². The third-order valence-corrected chi connectivity index (χ3v) is 6.17. The van der Waals surface area contributed by atoms with Gasteiger partial charge in [0.15, 0.2) is 0 Å². The van der Waals surface area contributed by atoms with Crippen molar-refractivity contribution in [1.29, 1.82) is 0 Å². The fraction of sp³-hybridized carbons (Fsp3) is 0.250. The summed E-state index contributed by atoms with van der Waals surface area (Å²) in [4.78, 5) is 4.71. The molecule has 0 spiro atoms. The third-order valence-electron chi connectivity index (χ3n) is 5.77. The molecule has 1 N–H and O–H groups in total. The van der Waals surface area contributed by atoms with Crippen molar-refractivity contribution in [2.24, 2.45) is 0 Å². The highest BCUT2D eigenvalue weighted by Crippen LogP contribution is 2.30. The third kappa shape index (κ3) is 5.79. The molecule has 0 bridgehead atoms. The van der Waals surface area contributed by atoms with Gasteiger partial charge in [-0.05, 0) is 72.3 Å². The summed E-state index contributed by atoms with van der Waals surface area (Å²) in [5.41, 5.74) is 7.70. The summed E-state index contributed by atoms with van der Waals surface area (Å²) in [5, 5.41) is 4.77. The fourth-order valence-corrected chi connectivity index (χ4v) is 4.27. The van der Waals surface area contributed by atoms with Crippen LogP contribution in [-0.2, 0) is 19.4 Å². The number of pyridine rings is 1. The number of hydrogen-bond acceptors (Lipinski definition) is 2. The van der Waals surface area contributed by atoms with Crippen molar-refractivity contribution in [3.05, 3.63) is 102 Å². The Morgan fingerprint density at radius 1 is 0.742 bits per heavy atom. The molecule has 4 aromatic rings. The molecule has 0 fully saturated rings. The molecule has 0 amide bonds. The summed E-state index contributed by atoms with van der Waals surface area (Å²) in [6, 6.07) is 28.5. The number of nitrogens with zero attached hydrogens (tertiary/aromatic N) is 1. The lowest BCUT2D eigenvalue weighted by Gasteiger charge is -2.12. The largest absolute Gasteiger partial charge is 0.313 e. The second-order valence-corrected chi connectivity index (χ2v) is 8.60. The van der Waals surface area contributed by atoms with Crippen molar-refractivity contribution in [3.8, 4) is 11.1 Å². The number of benzene rings is 3. The summed E-state index contributed by atoms with van der Waals surface area (Å²) in [5.74, 6) is 0. The standard InChI is InChI=1S/C28H31N2P/c31-20-6-18-29-21-25-16-17-26(27-11-5-19-30-28(25)27)24-14-12-23(13-15-24)10-4-9-22-7-2-1-3-8-22/h1-3,5,7-8,11-17,19,29H,4,6,9-10,18,20-21,31H2. The van der Waals surface area contributed by atoms with E-state index >= 15 is 0 Å². The molecule has 158 valence electrons. The predicted molar refractivity (Wildman–Crippen MR) is 137 cm³/mol. The van der Waals surface area contributed by atoms with E-state index in [1.54, 1.807) is 0 Å². The van der Waals surface area contributed by atoms with Crippen LogP contribution in [0.3, 0.4) is 0 Å². The summed E-state index contributed by atoms with van der Waals surface area (Å²) >= 11 is 0. The van der Waals surface area contributed by atoms with Gasteiger partial charge in [0.1, 0.15) is 0 Å². The molecule has 3 heteroatoms. The van der Waals surface area contributed by atoms with Gasteiger partial charge in [0.2, 0.25) is 0 Å². The zero-order valence-electron chi connectivity index (χ0n) is 18.1. The lowest BCUT2D eigenvalue weighted by molar-refractivity contribution is 0.681. The van der Waals surface area contributed by atoms with Crippen LogP contribution in [0.4, 0.5) is 0 Å². The maximum atomic E-state index is 4.71. The Morgan fingerprint density at radius 3 is 2.29 bits per heavy atom. The highest BCUT2D eigenvalue weighted by Gasteiger charge is 2.09. The second-order valence-electron chi connectivity index (χ2n) is 8.03. The molecule has 1 aromatic heterocycles. The van der Waals surface area contributed by atoms with Crippen LogP contribution in [0.5, 0.6) is 0 Å². The van der Waals surface area contributed by atoms with Crippen LogP contribution in [0.2, 0.25) is 0 Å². The van der Waals surface area contributed by atoms with Crippen molar-refractivity contribution in [2.45, 2.75) is 32.2 Å². The van der Waals surface area contributed by atoms with Crippen molar-refractivity contribution in [3.63, 3.8) is 0 Å². The van der Waals surface area contributed by atoms with E-state index in [2.05, 4.69) is 87.4 Å². The summed E-state index contributed by atoms with van der Waals surface area (Å²) < 4.78 is 0. The highest BCUT2D eigenvalue weighted by atomic mass is 31.0. The van der Waals surface area contributed by atoms with Crippen LogP contribution in [0.1, 0.15) is 29.5 Å². The molecule has 3 aromatic carbocycles. The maximum Gasteiger partial charge on any atom is 0.0753 e. The van der Waals surface area contributed by atoms with Gasteiger partial charge in [0, 0.05) is 18.1 Å². The molecule has 0 aliphatic carbocycles. The zero-order valence-corrected chi connectivity index (χ0v) is 19.2. The van der Waals surface area contributed by atoms with E-state index < -0.39 is 0 Å². The first kappa shape index (κ1) is 21.7. The van der Waals surface area contributed by atoms with E-state index in [4.69, 9.17) is 4.98 Å². The molecule has 1 unspecified atom stereocenters. The van der Waals surface area contributed by atoms with Gasteiger partial charge in [-0.25, -0.2) is 0 Å². The molecule has 31 heavy (non-hydrogen) atoms. The minimum Gasteiger partial charge on any atom is -0.313 e. The van der Waals surface area contributed by atoms with E-state index in [9.17, 15) is 0 Å². The summed E-state index contributed by atoms with van der Waals surface area (Å²) in [6.07, 6.45) is 7.62. The smallest absolute Gasteiger partial charge is 0.0753 e. The molecule has 1 atom stereocenters. The Balaban J connectivity index is 1.47. The van der Waals surface area contributed by atoms with Gasteiger partial charge in [-0.15, -0.1) is 9.24 Å². The van der Waals surface area contributed by atoms with Crippen molar-refractivity contribution < 1.29 is 0 Å². The highest BCUT2D eigenvalue weighted by molar-refractivity contribution is 7.16. The predicted octanol–water partition coefficient (Wildman–Crippen LogP) is 6.43. The molecule has 2 nitrogen and oxygen atoms in total. The molecule has 0 saturated heterocycles. The summed E-state index contributed by atoms with van der Waals surface area (Å²) in [6.45, 7) is 1.89. The number of aryl methyl sites for hydroxylation is 2. The Labute approximate surface area is 188 Å². The minimum atomic E-state index is 0.860. The molecular formula is C28H31N2P. The van der Waals surface area contributed by atoms with Crippen molar-refractivity contribution in [1.82, 2.24) is 10.3 Å². The normalized spacial score (nSPS) is 11.1. The Bertz CT molecular complexity index is 1090. The van der Waals surface area contributed by atoms with Crippen molar-refractivity contribution >= 4 is 20.1 Å². The second kappa shape index (κ2) is 11.2. The quantitative estimate of drug-likeness (QED) is 0.233. The van der Waals surface area contributed by atoms with Crippen LogP contribution in [0, 0.1) is 0 Å². The SMILES string of the molecule is PCCCNCc1ccc(-c2ccc(CCCc3ccccc3)cc2)c2cccnc12. The van der Waals surface area contributed by atoms with E-state index in [1.807, 2.05) is 12.3 Å². The number of fused-ring (bicyclic) bond motifs is 1. The first-order valence-electron chi connectivity index (χ1n) is 11.3. The Hall–Kier alpha value is -2.54. The molecule has 1 heterocycles. The molecule has 0 saturated carbocycles. The van der Waals surface area contributed by atoms with E-state index in [0.29, 0.717) is 0 Å². The van der Waals surface area contributed by atoms with Crippen molar-refractivity contribution in [2.75, 3.05) is 12.7 Å². The molecule has 0 aliphatic heterocycles. The zero-order chi connectivity index (χ0) is 21.3. The molecular weight excluding hydrogens is 395 g/mol. The minimum absolute atomic E-state index is 0.860. The monoisotopic (exact) mass is 426 g/mol. The van der Waals surface area contributed by atoms with E-state index in [1.165, 1.54) is 46.0 Å². The molecule has 4 rings (SSSR count). The van der Waals surface area contributed by atoms with Crippen LogP contribution < -0.4 is 5.32 Å². The van der Waals surface area contributed by atoms with Gasteiger partial charge in [-0.3, -0.25) is 4.98 Å². The van der Waals surface area contributed by atoms with Gasteiger partial charge in [-0.2, -0.15) is 0 Å². The Morgan fingerprint density at radius 2 is 1.52 bits per heavy atom. The van der Waals surface area contributed by atoms with Gasteiger partial charge in [0.05, 0.1) is 5.52 Å². The number of nitrogens with one attached hydrogen (secondary N) is 1. The maximum absolute atomic E-state index is 4.71. The first-order valence-corrected chi connectivity index (χ1v) is 12.1.